The molecule has 3 N–H and O–H groups in total. The molecular formula is C21H33IN6O. The van der Waals surface area contributed by atoms with Crippen LogP contribution in [0.5, 0.6) is 0 Å². The van der Waals surface area contributed by atoms with Crippen molar-refractivity contribution >= 4 is 35.8 Å². The standard InChI is InChI=1S/C21H32N6O.HI/c1-7-22-20(24-14-19(28)25-21(4,5)6)23-13-18-15(2)26-27(16(18)3)17-11-9-8-10-12-17;/h8-12H,7,13-14H2,1-6H3,(H,25,28)(H2,22,23,24);1H. The molecule has 0 radical (unpaired) electrons. The summed E-state index contributed by atoms with van der Waals surface area (Å²) < 4.78 is 1.94. The van der Waals surface area contributed by atoms with Crippen molar-refractivity contribution in [2.45, 2.75) is 53.6 Å². The first-order valence-electron chi connectivity index (χ1n) is 9.65. The van der Waals surface area contributed by atoms with E-state index in [0.717, 1.165) is 22.6 Å². The maximum Gasteiger partial charge on any atom is 0.239 e. The number of carbonyl (C=O) groups is 1. The van der Waals surface area contributed by atoms with Crippen molar-refractivity contribution < 1.29 is 4.79 Å². The summed E-state index contributed by atoms with van der Waals surface area (Å²) >= 11 is 0. The first-order valence-corrected chi connectivity index (χ1v) is 9.65. The number of nitrogens with one attached hydrogen (secondary N) is 3. The van der Waals surface area contributed by atoms with Gasteiger partial charge in [0, 0.05) is 23.3 Å². The smallest absolute Gasteiger partial charge is 0.239 e. The number of hydrogen-bond acceptors (Lipinski definition) is 3. The Labute approximate surface area is 190 Å². The van der Waals surface area contributed by atoms with E-state index < -0.39 is 0 Å². The van der Waals surface area contributed by atoms with Crippen LogP contribution in [0.1, 0.15) is 44.6 Å². The molecule has 0 saturated carbocycles. The maximum absolute atomic E-state index is 12.0. The zero-order chi connectivity index (χ0) is 20.7. The third kappa shape index (κ3) is 7.68. The highest BCUT2D eigenvalue weighted by Crippen LogP contribution is 2.18. The number of rotatable bonds is 6. The van der Waals surface area contributed by atoms with Gasteiger partial charge < -0.3 is 16.0 Å². The summed E-state index contributed by atoms with van der Waals surface area (Å²) in [5.74, 6) is 0.542. The fourth-order valence-corrected chi connectivity index (χ4v) is 2.85. The highest BCUT2D eigenvalue weighted by Gasteiger charge is 2.15. The van der Waals surface area contributed by atoms with Crippen LogP contribution in [-0.4, -0.2) is 40.3 Å². The molecule has 7 nitrogen and oxygen atoms in total. The molecule has 0 fully saturated rings. The number of nitrogens with zero attached hydrogens (tertiary/aromatic N) is 3. The molecule has 0 bridgehead atoms. The number of benzene rings is 1. The molecule has 0 spiro atoms. The molecule has 160 valence electrons. The minimum atomic E-state index is -0.255. The maximum atomic E-state index is 12.0. The summed E-state index contributed by atoms with van der Waals surface area (Å²) in [4.78, 5) is 16.7. The molecule has 0 aliphatic rings. The fourth-order valence-electron chi connectivity index (χ4n) is 2.85. The zero-order valence-corrected chi connectivity index (χ0v) is 20.5. The van der Waals surface area contributed by atoms with Gasteiger partial charge in [-0.15, -0.1) is 24.0 Å². The Hall–Kier alpha value is -2.10. The molecule has 1 heterocycles. The third-order valence-electron chi connectivity index (χ3n) is 4.11. The summed E-state index contributed by atoms with van der Waals surface area (Å²) in [7, 11) is 0. The SMILES string of the molecule is CCNC(=NCc1c(C)nn(-c2ccccc2)c1C)NCC(=O)NC(C)(C)C.I. The molecule has 0 atom stereocenters. The Kier molecular flexibility index (Phi) is 9.61. The van der Waals surface area contributed by atoms with E-state index in [0.29, 0.717) is 19.0 Å². The van der Waals surface area contributed by atoms with Crippen LogP contribution in [0.3, 0.4) is 0 Å². The molecular weight excluding hydrogens is 479 g/mol. The second-order valence-corrected chi connectivity index (χ2v) is 7.74. The first kappa shape index (κ1) is 24.9. The summed E-state index contributed by atoms with van der Waals surface area (Å²) in [5, 5.41) is 13.9. The van der Waals surface area contributed by atoms with E-state index >= 15 is 0 Å². The number of aliphatic imine (C=N–C) groups is 1. The Balaban J connectivity index is 0.00000420. The van der Waals surface area contributed by atoms with Gasteiger partial charge in [0.05, 0.1) is 24.5 Å². The van der Waals surface area contributed by atoms with Gasteiger partial charge in [-0.05, 0) is 53.7 Å². The summed E-state index contributed by atoms with van der Waals surface area (Å²) in [6.45, 7) is 13.3. The first-order chi connectivity index (χ1) is 13.2. The van der Waals surface area contributed by atoms with Crippen LogP contribution in [-0.2, 0) is 11.3 Å². The van der Waals surface area contributed by atoms with Crippen LogP contribution < -0.4 is 16.0 Å². The normalized spacial score (nSPS) is 11.6. The summed E-state index contributed by atoms with van der Waals surface area (Å²) in [6.07, 6.45) is 0. The average molecular weight is 512 g/mol. The van der Waals surface area contributed by atoms with Gasteiger partial charge in [-0.1, -0.05) is 18.2 Å². The van der Waals surface area contributed by atoms with Gasteiger partial charge in [0.15, 0.2) is 5.96 Å². The van der Waals surface area contributed by atoms with Crippen LogP contribution in [0.15, 0.2) is 35.3 Å². The number of halogens is 1. The number of amides is 1. The van der Waals surface area contributed by atoms with Crippen molar-refractivity contribution in [3.63, 3.8) is 0 Å². The van der Waals surface area contributed by atoms with Crippen LogP contribution in [0.4, 0.5) is 0 Å². The lowest BCUT2D eigenvalue weighted by molar-refractivity contribution is -0.121. The largest absolute Gasteiger partial charge is 0.357 e. The highest BCUT2D eigenvalue weighted by molar-refractivity contribution is 14.0. The topological polar surface area (TPSA) is 83.3 Å². The third-order valence-corrected chi connectivity index (χ3v) is 4.11. The van der Waals surface area contributed by atoms with Crippen molar-refractivity contribution in [3.8, 4) is 5.69 Å². The van der Waals surface area contributed by atoms with E-state index in [1.54, 1.807) is 0 Å². The monoisotopic (exact) mass is 512 g/mol. The van der Waals surface area contributed by atoms with Gasteiger partial charge in [0.25, 0.3) is 0 Å². The minimum Gasteiger partial charge on any atom is -0.357 e. The summed E-state index contributed by atoms with van der Waals surface area (Å²) in [6, 6.07) is 10.1. The molecule has 8 heteroatoms. The van der Waals surface area contributed by atoms with Gasteiger partial charge in [-0.2, -0.15) is 5.10 Å². The average Bonchev–Trinajstić information content (AvgIpc) is 2.91. The fraction of sp³-hybridized carbons (Fsp3) is 0.476. The van der Waals surface area contributed by atoms with Crippen LogP contribution >= 0.6 is 24.0 Å². The Bertz CT molecular complexity index is 824. The molecule has 1 aromatic heterocycles. The number of carbonyl (C=O) groups excluding carboxylic acids is 1. The molecule has 2 aromatic rings. The molecule has 29 heavy (non-hydrogen) atoms. The van der Waals surface area contributed by atoms with Gasteiger partial charge >= 0.3 is 0 Å². The van der Waals surface area contributed by atoms with E-state index in [4.69, 9.17) is 0 Å². The lowest BCUT2D eigenvalue weighted by Gasteiger charge is -2.21. The Morgan fingerprint density at radius 1 is 1.14 bits per heavy atom. The molecule has 2 rings (SSSR count). The lowest BCUT2D eigenvalue weighted by Crippen LogP contribution is -2.48. The van der Waals surface area contributed by atoms with Gasteiger partial charge in [0.2, 0.25) is 5.91 Å². The highest BCUT2D eigenvalue weighted by atomic mass is 127. The number of hydrogen-bond donors (Lipinski definition) is 3. The molecule has 0 aliphatic heterocycles. The van der Waals surface area contributed by atoms with E-state index in [2.05, 4.69) is 33.0 Å². The second-order valence-electron chi connectivity index (χ2n) is 7.74. The summed E-state index contributed by atoms with van der Waals surface area (Å²) in [5.41, 5.74) is 3.87. The zero-order valence-electron chi connectivity index (χ0n) is 18.2. The lowest BCUT2D eigenvalue weighted by atomic mass is 10.1. The van der Waals surface area contributed by atoms with Crippen molar-refractivity contribution in [1.29, 1.82) is 0 Å². The van der Waals surface area contributed by atoms with Crippen molar-refractivity contribution in [2.75, 3.05) is 13.1 Å². The van der Waals surface area contributed by atoms with Gasteiger partial charge in [0.1, 0.15) is 0 Å². The van der Waals surface area contributed by atoms with Crippen molar-refractivity contribution in [3.05, 3.63) is 47.3 Å². The quantitative estimate of drug-likeness (QED) is 0.316. The van der Waals surface area contributed by atoms with E-state index in [9.17, 15) is 4.79 Å². The predicted molar refractivity (Wildman–Crippen MR) is 129 cm³/mol. The number of aromatic nitrogens is 2. The van der Waals surface area contributed by atoms with Gasteiger partial charge in [-0.25, -0.2) is 9.67 Å². The van der Waals surface area contributed by atoms with Crippen molar-refractivity contribution in [2.24, 2.45) is 4.99 Å². The molecule has 0 aliphatic carbocycles. The number of aryl methyl sites for hydroxylation is 1. The second kappa shape index (κ2) is 11.2. The molecule has 0 saturated heterocycles. The predicted octanol–water partition coefficient (Wildman–Crippen LogP) is 3.08. The Morgan fingerprint density at radius 3 is 2.38 bits per heavy atom. The van der Waals surface area contributed by atoms with E-state index in [1.165, 1.54) is 0 Å². The van der Waals surface area contributed by atoms with Crippen molar-refractivity contribution in [1.82, 2.24) is 25.7 Å². The minimum absolute atomic E-state index is 0. The molecule has 1 aromatic carbocycles. The van der Waals surface area contributed by atoms with E-state index in [-0.39, 0.29) is 42.0 Å². The number of guanidine groups is 1. The van der Waals surface area contributed by atoms with Crippen LogP contribution in [0.25, 0.3) is 5.69 Å². The molecule has 1 amide bonds. The van der Waals surface area contributed by atoms with Crippen LogP contribution in [0, 0.1) is 13.8 Å². The van der Waals surface area contributed by atoms with E-state index in [1.807, 2.05) is 69.6 Å². The molecule has 0 unspecified atom stereocenters. The Morgan fingerprint density at radius 2 is 1.79 bits per heavy atom. The van der Waals surface area contributed by atoms with Crippen LogP contribution in [0.2, 0.25) is 0 Å². The number of para-hydroxylation sites is 1. The van der Waals surface area contributed by atoms with Gasteiger partial charge in [-0.3, -0.25) is 4.79 Å².